The van der Waals surface area contributed by atoms with Gasteiger partial charge in [-0.05, 0) is 55.2 Å². The van der Waals surface area contributed by atoms with E-state index < -0.39 is 0 Å². The molecule has 1 aromatic rings. The van der Waals surface area contributed by atoms with Gasteiger partial charge in [0.25, 0.3) is 0 Å². The molecule has 1 fully saturated rings. The molecule has 0 aliphatic heterocycles. The van der Waals surface area contributed by atoms with Crippen molar-refractivity contribution >= 4 is 0 Å². The molecule has 1 N–H and O–H groups in total. The van der Waals surface area contributed by atoms with E-state index in [0.717, 1.165) is 11.8 Å². The maximum absolute atomic E-state index is 3.71. The lowest BCUT2D eigenvalue weighted by Crippen LogP contribution is -2.24. The summed E-state index contributed by atoms with van der Waals surface area (Å²) in [6.45, 7) is 10.3. The van der Waals surface area contributed by atoms with Crippen LogP contribution in [0, 0.1) is 11.8 Å². The second-order valence-electron chi connectivity index (χ2n) is 6.74. The third-order valence-electron chi connectivity index (χ3n) is 4.62. The Morgan fingerprint density at radius 2 is 1.68 bits per heavy atom. The zero-order valence-corrected chi connectivity index (χ0v) is 12.9. The zero-order valence-electron chi connectivity index (χ0n) is 12.9. The molecule has 1 saturated carbocycles. The van der Waals surface area contributed by atoms with Crippen LogP contribution in [0.2, 0.25) is 0 Å². The molecule has 0 radical (unpaired) electrons. The van der Waals surface area contributed by atoms with E-state index in [0.29, 0.717) is 12.0 Å². The molecule has 3 unspecified atom stereocenters. The summed E-state index contributed by atoms with van der Waals surface area (Å²) in [5.41, 5.74) is 2.84. The molecule has 106 valence electrons. The Bertz CT molecular complexity index is 379. The lowest BCUT2D eigenvalue weighted by atomic mass is 9.99. The maximum atomic E-state index is 3.71. The minimum Gasteiger partial charge on any atom is -0.310 e. The molecule has 1 heteroatoms. The summed E-state index contributed by atoms with van der Waals surface area (Å²) < 4.78 is 0. The molecule has 2 rings (SSSR count). The normalized spacial score (nSPS) is 24.9. The van der Waals surface area contributed by atoms with Gasteiger partial charge in [0, 0.05) is 6.04 Å². The van der Waals surface area contributed by atoms with Gasteiger partial charge in [0.2, 0.25) is 0 Å². The van der Waals surface area contributed by atoms with Crippen LogP contribution in [-0.4, -0.2) is 6.54 Å². The highest BCUT2D eigenvalue weighted by molar-refractivity contribution is 5.26. The van der Waals surface area contributed by atoms with Crippen molar-refractivity contribution in [3.05, 3.63) is 35.4 Å². The van der Waals surface area contributed by atoms with E-state index in [1.165, 1.54) is 36.9 Å². The van der Waals surface area contributed by atoms with Gasteiger partial charge in [-0.15, -0.1) is 0 Å². The first kappa shape index (κ1) is 14.6. The Kier molecular flexibility index (Phi) is 5.04. The Balaban J connectivity index is 1.83. The van der Waals surface area contributed by atoms with Crippen molar-refractivity contribution in [3.8, 4) is 0 Å². The summed E-state index contributed by atoms with van der Waals surface area (Å²) in [6.07, 6.45) is 4.24. The van der Waals surface area contributed by atoms with Crippen molar-refractivity contribution in [3.63, 3.8) is 0 Å². The van der Waals surface area contributed by atoms with Gasteiger partial charge >= 0.3 is 0 Å². The Morgan fingerprint density at radius 1 is 1.05 bits per heavy atom. The van der Waals surface area contributed by atoms with Crippen molar-refractivity contribution in [2.24, 2.45) is 11.8 Å². The van der Waals surface area contributed by atoms with E-state index in [1.807, 2.05) is 0 Å². The van der Waals surface area contributed by atoms with Crippen LogP contribution in [-0.2, 0) is 0 Å². The number of benzene rings is 1. The molecule has 1 aliphatic carbocycles. The molecule has 0 amide bonds. The van der Waals surface area contributed by atoms with Crippen LogP contribution in [0.5, 0.6) is 0 Å². The average Bonchev–Trinajstić information content (AvgIpc) is 2.82. The smallest absolute Gasteiger partial charge is 0.0291 e. The Hall–Kier alpha value is -0.820. The van der Waals surface area contributed by atoms with Crippen LogP contribution >= 0.6 is 0 Å². The topological polar surface area (TPSA) is 12.0 Å². The summed E-state index contributed by atoms with van der Waals surface area (Å²) in [5.74, 6) is 2.46. The minimum atomic E-state index is 0.470. The largest absolute Gasteiger partial charge is 0.310 e. The van der Waals surface area contributed by atoms with Gasteiger partial charge in [-0.2, -0.15) is 0 Å². The summed E-state index contributed by atoms with van der Waals surface area (Å²) in [4.78, 5) is 0. The molecule has 0 spiro atoms. The van der Waals surface area contributed by atoms with Crippen molar-refractivity contribution in [2.75, 3.05) is 6.54 Å². The molecular weight excluding hydrogens is 230 g/mol. The first-order valence-corrected chi connectivity index (χ1v) is 7.89. The fourth-order valence-corrected chi connectivity index (χ4v) is 3.14. The molecule has 19 heavy (non-hydrogen) atoms. The fraction of sp³-hybridized carbons (Fsp3) is 0.667. The van der Waals surface area contributed by atoms with Crippen LogP contribution in [0.1, 0.15) is 70.0 Å². The molecule has 0 aromatic heterocycles. The van der Waals surface area contributed by atoms with E-state index in [2.05, 4.69) is 57.3 Å². The summed E-state index contributed by atoms with van der Waals surface area (Å²) in [5, 5.41) is 3.71. The van der Waals surface area contributed by atoms with Gasteiger partial charge in [-0.1, -0.05) is 51.5 Å². The van der Waals surface area contributed by atoms with Crippen LogP contribution in [0.15, 0.2) is 24.3 Å². The van der Waals surface area contributed by atoms with Gasteiger partial charge in [-0.3, -0.25) is 0 Å². The van der Waals surface area contributed by atoms with Crippen LogP contribution in [0.3, 0.4) is 0 Å². The number of hydrogen-bond donors (Lipinski definition) is 1. The van der Waals surface area contributed by atoms with Crippen molar-refractivity contribution in [1.29, 1.82) is 0 Å². The highest BCUT2D eigenvalue weighted by Crippen LogP contribution is 2.30. The van der Waals surface area contributed by atoms with E-state index in [4.69, 9.17) is 0 Å². The third kappa shape index (κ3) is 4.07. The van der Waals surface area contributed by atoms with Gasteiger partial charge < -0.3 is 5.32 Å². The average molecular weight is 259 g/mol. The van der Waals surface area contributed by atoms with Crippen molar-refractivity contribution in [2.45, 2.75) is 58.9 Å². The van der Waals surface area contributed by atoms with E-state index in [1.54, 1.807) is 0 Å². The first-order valence-electron chi connectivity index (χ1n) is 7.89. The second-order valence-corrected chi connectivity index (χ2v) is 6.74. The highest BCUT2D eigenvalue weighted by Gasteiger charge is 2.21. The van der Waals surface area contributed by atoms with Crippen molar-refractivity contribution < 1.29 is 0 Å². The standard InChI is InChI=1S/C18H29N/c1-13(2)17-7-9-18(10-8-17)15(4)19-12-16-6-5-14(3)11-16/h7-10,13-16,19H,5-6,11-12H2,1-4H3. The molecule has 0 bridgehead atoms. The number of hydrogen-bond acceptors (Lipinski definition) is 1. The predicted molar refractivity (Wildman–Crippen MR) is 83.5 cm³/mol. The number of nitrogens with one attached hydrogen (secondary N) is 1. The van der Waals surface area contributed by atoms with Crippen LogP contribution < -0.4 is 5.32 Å². The SMILES string of the molecule is CC1CCC(CNC(C)c2ccc(C(C)C)cc2)C1. The lowest BCUT2D eigenvalue weighted by molar-refractivity contribution is 0.440. The Labute approximate surface area is 118 Å². The van der Waals surface area contributed by atoms with E-state index in [9.17, 15) is 0 Å². The van der Waals surface area contributed by atoms with Gasteiger partial charge in [-0.25, -0.2) is 0 Å². The maximum Gasteiger partial charge on any atom is 0.0291 e. The predicted octanol–water partition coefficient (Wildman–Crippen LogP) is 4.90. The fourth-order valence-electron chi connectivity index (χ4n) is 3.14. The third-order valence-corrected chi connectivity index (χ3v) is 4.62. The summed E-state index contributed by atoms with van der Waals surface area (Å²) in [6, 6.07) is 9.58. The van der Waals surface area contributed by atoms with E-state index >= 15 is 0 Å². The van der Waals surface area contributed by atoms with Crippen molar-refractivity contribution in [1.82, 2.24) is 5.32 Å². The van der Waals surface area contributed by atoms with Gasteiger partial charge in [0.1, 0.15) is 0 Å². The molecular formula is C18H29N. The van der Waals surface area contributed by atoms with Crippen LogP contribution in [0.25, 0.3) is 0 Å². The molecule has 1 aliphatic rings. The lowest BCUT2D eigenvalue weighted by Gasteiger charge is -2.18. The Morgan fingerprint density at radius 3 is 2.21 bits per heavy atom. The minimum absolute atomic E-state index is 0.470. The molecule has 1 nitrogen and oxygen atoms in total. The molecule has 1 aromatic carbocycles. The second kappa shape index (κ2) is 6.56. The molecule has 0 heterocycles. The number of rotatable bonds is 5. The first-order chi connectivity index (χ1) is 9.06. The summed E-state index contributed by atoms with van der Waals surface area (Å²) in [7, 11) is 0. The monoisotopic (exact) mass is 259 g/mol. The molecule has 0 saturated heterocycles. The quantitative estimate of drug-likeness (QED) is 0.793. The van der Waals surface area contributed by atoms with E-state index in [-0.39, 0.29) is 0 Å². The zero-order chi connectivity index (χ0) is 13.8. The van der Waals surface area contributed by atoms with Gasteiger partial charge in [0.05, 0.1) is 0 Å². The summed E-state index contributed by atoms with van der Waals surface area (Å²) >= 11 is 0. The van der Waals surface area contributed by atoms with Gasteiger partial charge in [0.15, 0.2) is 0 Å². The van der Waals surface area contributed by atoms with Crippen LogP contribution in [0.4, 0.5) is 0 Å². The molecule has 3 atom stereocenters. The highest BCUT2D eigenvalue weighted by atomic mass is 14.9.